The molecule has 4 aromatic rings. The zero-order chi connectivity index (χ0) is 24.5. The second-order valence-corrected chi connectivity index (χ2v) is 7.71. The molecule has 2 N–H and O–H groups in total. The number of carbonyl (C=O) groups is 1. The van der Waals surface area contributed by atoms with Crippen LogP contribution in [-0.4, -0.2) is 27.0 Å². The van der Waals surface area contributed by atoms with E-state index in [4.69, 9.17) is 16.3 Å². The van der Waals surface area contributed by atoms with Gasteiger partial charge < -0.3 is 19.9 Å². The monoisotopic (exact) mass is 489 g/mol. The summed E-state index contributed by atoms with van der Waals surface area (Å²) in [4.78, 5) is 20.5. The number of ether oxygens (including phenoxy) is 1. The van der Waals surface area contributed by atoms with E-state index >= 15 is 0 Å². The number of aryl methyl sites for hydroxylation is 1. The molecule has 176 valence electrons. The predicted octanol–water partition coefficient (Wildman–Crippen LogP) is 5.93. The molecule has 0 atom stereocenters. The van der Waals surface area contributed by atoms with E-state index in [2.05, 4.69) is 20.6 Å². The molecule has 0 aliphatic heterocycles. The molecule has 0 bridgehead atoms. The first kappa shape index (κ1) is 23.4. The number of amides is 1. The summed E-state index contributed by atoms with van der Waals surface area (Å²) >= 11 is 5.70. The van der Waals surface area contributed by atoms with E-state index < -0.39 is 11.7 Å². The van der Waals surface area contributed by atoms with E-state index in [0.717, 1.165) is 11.6 Å². The average Bonchev–Trinajstić information content (AvgIpc) is 3.09. The highest BCUT2D eigenvalue weighted by Gasteiger charge is 2.33. The molecule has 7 nitrogen and oxygen atoms in total. The average molecular weight is 490 g/mol. The number of anilines is 2. The lowest BCUT2D eigenvalue weighted by Crippen LogP contribution is -2.23. The van der Waals surface area contributed by atoms with Gasteiger partial charge in [0, 0.05) is 37.6 Å². The van der Waals surface area contributed by atoms with Gasteiger partial charge in [-0.05, 0) is 43.3 Å². The first-order chi connectivity index (χ1) is 16.2. The molecule has 2 aromatic carbocycles. The smallest absolute Gasteiger partial charge is 0.417 e. The Morgan fingerprint density at radius 1 is 1.12 bits per heavy atom. The van der Waals surface area contributed by atoms with Crippen LogP contribution in [-0.2, 0) is 13.2 Å². The zero-order valence-electron chi connectivity index (χ0n) is 18.1. The molecule has 2 heterocycles. The second kappa shape index (κ2) is 9.22. The Labute approximate surface area is 197 Å². The lowest BCUT2D eigenvalue weighted by atomic mass is 10.2. The van der Waals surface area contributed by atoms with Gasteiger partial charge in [-0.3, -0.25) is 9.78 Å². The molecule has 0 fully saturated rings. The number of nitrogens with zero attached hydrogens (tertiary/aromatic N) is 3. The summed E-state index contributed by atoms with van der Waals surface area (Å²) in [6.07, 6.45) is -3.10. The number of hydrogen-bond donors (Lipinski definition) is 2. The van der Waals surface area contributed by atoms with Crippen LogP contribution >= 0.6 is 11.6 Å². The van der Waals surface area contributed by atoms with Gasteiger partial charge >= 0.3 is 6.18 Å². The van der Waals surface area contributed by atoms with Crippen molar-refractivity contribution in [2.75, 3.05) is 11.9 Å². The molecule has 34 heavy (non-hydrogen) atoms. The molecule has 0 aliphatic rings. The van der Waals surface area contributed by atoms with Crippen molar-refractivity contribution in [3.05, 3.63) is 71.0 Å². The third kappa shape index (κ3) is 4.91. The van der Waals surface area contributed by atoms with Crippen molar-refractivity contribution in [2.45, 2.75) is 13.1 Å². The Hall–Kier alpha value is -3.79. The molecule has 4 rings (SSSR count). The Balaban J connectivity index is 1.59. The van der Waals surface area contributed by atoms with Crippen molar-refractivity contribution < 1.29 is 22.7 Å². The number of halogens is 4. The number of benzene rings is 2. The minimum absolute atomic E-state index is 0.196. The quantitative estimate of drug-likeness (QED) is 0.351. The van der Waals surface area contributed by atoms with Crippen LogP contribution in [0.2, 0.25) is 5.02 Å². The SMILES string of the molecule is CCNC(=O)c1cc(Oc2ccc3c(c2)nc(Nc2ccc(Cl)c(C(F)(F)F)c2)n3C)ccn1. The summed E-state index contributed by atoms with van der Waals surface area (Å²) in [5.74, 6) is 0.923. The number of alkyl halides is 3. The van der Waals surface area contributed by atoms with Crippen LogP contribution in [0.3, 0.4) is 0 Å². The molecule has 0 radical (unpaired) electrons. The van der Waals surface area contributed by atoms with Crippen molar-refractivity contribution in [2.24, 2.45) is 7.05 Å². The van der Waals surface area contributed by atoms with E-state index in [1.807, 2.05) is 6.92 Å². The fourth-order valence-corrected chi connectivity index (χ4v) is 3.51. The summed E-state index contributed by atoms with van der Waals surface area (Å²) in [6.45, 7) is 2.29. The molecule has 0 saturated heterocycles. The maximum Gasteiger partial charge on any atom is 0.417 e. The van der Waals surface area contributed by atoms with E-state index in [0.29, 0.717) is 29.5 Å². The Morgan fingerprint density at radius 3 is 2.62 bits per heavy atom. The summed E-state index contributed by atoms with van der Waals surface area (Å²) in [5.41, 5.74) is 0.785. The van der Waals surface area contributed by atoms with Crippen LogP contribution < -0.4 is 15.4 Å². The van der Waals surface area contributed by atoms with Crippen LogP contribution in [0.5, 0.6) is 11.5 Å². The molecular formula is C23H19ClF3N5O2. The van der Waals surface area contributed by atoms with Crippen molar-refractivity contribution in [1.29, 1.82) is 0 Å². The summed E-state index contributed by atoms with van der Waals surface area (Å²) in [5, 5.41) is 5.20. The summed E-state index contributed by atoms with van der Waals surface area (Å²) < 4.78 is 47.1. The molecule has 0 saturated carbocycles. The number of fused-ring (bicyclic) bond motifs is 1. The normalized spacial score (nSPS) is 11.5. The lowest BCUT2D eigenvalue weighted by molar-refractivity contribution is -0.137. The maximum atomic E-state index is 13.2. The van der Waals surface area contributed by atoms with Crippen LogP contribution in [0, 0.1) is 0 Å². The highest BCUT2D eigenvalue weighted by atomic mass is 35.5. The number of pyridine rings is 1. The van der Waals surface area contributed by atoms with Crippen molar-refractivity contribution in [3.8, 4) is 11.5 Å². The Kier molecular flexibility index (Phi) is 6.34. The van der Waals surface area contributed by atoms with E-state index in [9.17, 15) is 18.0 Å². The number of imidazole rings is 1. The fourth-order valence-electron chi connectivity index (χ4n) is 3.29. The number of aromatic nitrogens is 3. The molecular weight excluding hydrogens is 471 g/mol. The summed E-state index contributed by atoms with van der Waals surface area (Å²) in [7, 11) is 1.74. The zero-order valence-corrected chi connectivity index (χ0v) is 18.8. The van der Waals surface area contributed by atoms with Crippen molar-refractivity contribution >= 4 is 40.2 Å². The van der Waals surface area contributed by atoms with Gasteiger partial charge in [-0.25, -0.2) is 4.98 Å². The van der Waals surface area contributed by atoms with Gasteiger partial charge in [0.15, 0.2) is 0 Å². The first-order valence-electron chi connectivity index (χ1n) is 10.2. The van der Waals surface area contributed by atoms with Gasteiger partial charge in [0.2, 0.25) is 5.95 Å². The Bertz CT molecular complexity index is 1370. The van der Waals surface area contributed by atoms with Crippen LogP contribution in [0.4, 0.5) is 24.8 Å². The van der Waals surface area contributed by atoms with Gasteiger partial charge in [-0.15, -0.1) is 0 Å². The maximum absolute atomic E-state index is 13.2. The topological polar surface area (TPSA) is 81.1 Å². The fraction of sp³-hybridized carbons (Fsp3) is 0.174. The molecule has 2 aromatic heterocycles. The van der Waals surface area contributed by atoms with Crippen LogP contribution in [0.15, 0.2) is 54.7 Å². The van der Waals surface area contributed by atoms with Crippen LogP contribution in [0.25, 0.3) is 11.0 Å². The van der Waals surface area contributed by atoms with E-state index in [1.165, 1.54) is 24.4 Å². The number of nitrogens with one attached hydrogen (secondary N) is 2. The number of carbonyl (C=O) groups excluding carboxylic acids is 1. The highest BCUT2D eigenvalue weighted by molar-refractivity contribution is 6.31. The molecule has 0 spiro atoms. The molecule has 0 unspecified atom stereocenters. The van der Waals surface area contributed by atoms with Gasteiger partial charge in [-0.2, -0.15) is 13.2 Å². The van der Waals surface area contributed by atoms with Crippen molar-refractivity contribution in [3.63, 3.8) is 0 Å². The van der Waals surface area contributed by atoms with E-state index in [-0.39, 0.29) is 22.3 Å². The number of rotatable bonds is 6. The largest absolute Gasteiger partial charge is 0.457 e. The second-order valence-electron chi connectivity index (χ2n) is 7.30. The van der Waals surface area contributed by atoms with Gasteiger partial charge in [-0.1, -0.05) is 11.6 Å². The third-order valence-electron chi connectivity index (χ3n) is 4.92. The first-order valence-corrected chi connectivity index (χ1v) is 10.6. The third-order valence-corrected chi connectivity index (χ3v) is 5.25. The predicted molar refractivity (Wildman–Crippen MR) is 123 cm³/mol. The van der Waals surface area contributed by atoms with Gasteiger partial charge in [0.25, 0.3) is 5.91 Å². The summed E-state index contributed by atoms with van der Waals surface area (Å²) in [6, 6.07) is 11.9. The molecule has 0 aliphatic carbocycles. The minimum atomic E-state index is -4.57. The standard InChI is InChI=1S/C23H19ClF3N5O2/c1-3-28-21(33)19-12-15(8-9-29-19)34-14-5-7-20-18(11-14)31-22(32(20)2)30-13-4-6-17(24)16(10-13)23(25,26)27/h4-12H,3H2,1-2H3,(H,28,33)(H,30,31). The van der Waals surface area contributed by atoms with Crippen LogP contribution in [0.1, 0.15) is 23.0 Å². The lowest BCUT2D eigenvalue weighted by Gasteiger charge is -2.12. The minimum Gasteiger partial charge on any atom is -0.457 e. The molecule has 11 heteroatoms. The van der Waals surface area contributed by atoms with Gasteiger partial charge in [0.05, 0.1) is 21.6 Å². The van der Waals surface area contributed by atoms with Gasteiger partial charge in [0.1, 0.15) is 17.2 Å². The van der Waals surface area contributed by atoms with Crippen molar-refractivity contribution in [1.82, 2.24) is 19.9 Å². The van der Waals surface area contributed by atoms with E-state index in [1.54, 1.807) is 35.9 Å². The highest BCUT2D eigenvalue weighted by Crippen LogP contribution is 2.37. The number of hydrogen-bond acceptors (Lipinski definition) is 5. The Morgan fingerprint density at radius 2 is 1.88 bits per heavy atom. The molecule has 1 amide bonds.